The molecule has 1 aromatic carbocycles. The first-order chi connectivity index (χ1) is 16.0. The molecule has 1 unspecified atom stereocenters. The van der Waals surface area contributed by atoms with E-state index in [-0.39, 0.29) is 30.2 Å². The second kappa shape index (κ2) is 9.09. The van der Waals surface area contributed by atoms with Crippen molar-refractivity contribution in [2.45, 2.75) is 76.4 Å². The number of carbonyl (C=O) groups is 3. The van der Waals surface area contributed by atoms with Crippen LogP contribution in [0.1, 0.15) is 75.1 Å². The van der Waals surface area contributed by atoms with Crippen molar-refractivity contribution in [3.05, 3.63) is 29.8 Å². The fraction of sp³-hybridized carbons (Fsp3) is 0.654. The lowest BCUT2D eigenvalue weighted by Gasteiger charge is -2.48. The maximum Gasteiger partial charge on any atom is 0.257 e. The maximum absolute atomic E-state index is 13.3. The minimum atomic E-state index is -0.700. The fourth-order valence-electron chi connectivity index (χ4n) is 6.37. The highest BCUT2D eigenvalue weighted by atomic mass is 16.2. The van der Waals surface area contributed by atoms with Gasteiger partial charge in [0.15, 0.2) is 0 Å². The summed E-state index contributed by atoms with van der Waals surface area (Å²) < 4.78 is 0. The van der Waals surface area contributed by atoms with Crippen LogP contribution in [0.4, 0.5) is 5.69 Å². The summed E-state index contributed by atoms with van der Waals surface area (Å²) in [5.41, 5.74) is 0.534. The smallest absolute Gasteiger partial charge is 0.257 e. The third kappa shape index (κ3) is 4.27. The summed E-state index contributed by atoms with van der Waals surface area (Å²) in [5.74, 6) is 0.811. The Morgan fingerprint density at radius 1 is 1.09 bits per heavy atom. The Morgan fingerprint density at radius 3 is 2.58 bits per heavy atom. The summed E-state index contributed by atoms with van der Waals surface area (Å²) in [7, 11) is 0. The number of benzene rings is 1. The summed E-state index contributed by atoms with van der Waals surface area (Å²) in [4.78, 5) is 44.8. The quantitative estimate of drug-likeness (QED) is 0.720. The number of hydrogen-bond acceptors (Lipinski definition) is 4. The number of anilines is 1. The van der Waals surface area contributed by atoms with Crippen LogP contribution in [0.2, 0.25) is 0 Å². The van der Waals surface area contributed by atoms with Crippen molar-refractivity contribution in [3.8, 4) is 0 Å². The number of amides is 3. The van der Waals surface area contributed by atoms with E-state index >= 15 is 0 Å². The van der Waals surface area contributed by atoms with Gasteiger partial charge in [0.1, 0.15) is 5.66 Å². The van der Waals surface area contributed by atoms with Crippen LogP contribution in [0.5, 0.6) is 0 Å². The van der Waals surface area contributed by atoms with Crippen molar-refractivity contribution < 1.29 is 14.4 Å². The van der Waals surface area contributed by atoms with Gasteiger partial charge in [-0.3, -0.25) is 19.3 Å². The lowest BCUT2D eigenvalue weighted by Crippen LogP contribution is -2.62. The number of para-hydroxylation sites is 1. The van der Waals surface area contributed by atoms with Crippen LogP contribution in [0.15, 0.2) is 24.3 Å². The van der Waals surface area contributed by atoms with Crippen LogP contribution in [-0.2, 0) is 9.59 Å². The van der Waals surface area contributed by atoms with Gasteiger partial charge in [0.05, 0.1) is 11.3 Å². The Hall–Kier alpha value is -2.41. The molecule has 4 aliphatic rings. The molecule has 0 aromatic heterocycles. The van der Waals surface area contributed by atoms with Crippen LogP contribution in [0, 0.1) is 5.92 Å². The van der Waals surface area contributed by atoms with E-state index in [2.05, 4.69) is 10.2 Å². The highest BCUT2D eigenvalue weighted by Crippen LogP contribution is 2.44. The number of hydrogen-bond donors (Lipinski definition) is 1. The lowest BCUT2D eigenvalue weighted by atomic mass is 9.98. The molecule has 5 rings (SSSR count). The summed E-state index contributed by atoms with van der Waals surface area (Å²) in [6.45, 7) is 5.59. The van der Waals surface area contributed by atoms with Crippen molar-refractivity contribution in [2.24, 2.45) is 5.92 Å². The standard InChI is InChI=1S/C26H36N4O3/c1-26-14-10-24(32)30(26)22-9-5-4-8-21(22)25(33)29(26)17-13-23(31)27-20-11-15-28(16-12-20)18-19-6-2-3-7-19/h4-5,8-9,19-20H,2-3,6-7,10-18H2,1H3,(H,27,31). The number of piperidine rings is 1. The van der Waals surface area contributed by atoms with Crippen LogP contribution >= 0.6 is 0 Å². The molecule has 3 amide bonds. The molecule has 178 valence electrons. The Balaban J connectivity index is 1.16. The molecule has 1 aliphatic carbocycles. The van der Waals surface area contributed by atoms with Gasteiger partial charge in [-0.2, -0.15) is 0 Å². The third-order valence-corrected chi connectivity index (χ3v) is 8.25. The van der Waals surface area contributed by atoms with E-state index in [0.717, 1.165) is 31.8 Å². The molecule has 0 bridgehead atoms. The van der Waals surface area contributed by atoms with Crippen molar-refractivity contribution >= 4 is 23.4 Å². The first-order valence-electron chi connectivity index (χ1n) is 12.7. The minimum absolute atomic E-state index is 0.00428. The Kier molecular flexibility index (Phi) is 6.16. The van der Waals surface area contributed by atoms with E-state index in [9.17, 15) is 14.4 Å². The molecule has 7 nitrogen and oxygen atoms in total. The Morgan fingerprint density at radius 2 is 1.82 bits per heavy atom. The molecular formula is C26H36N4O3. The lowest BCUT2D eigenvalue weighted by molar-refractivity contribution is -0.122. The average molecular weight is 453 g/mol. The first kappa shape index (κ1) is 22.4. The highest BCUT2D eigenvalue weighted by molar-refractivity contribution is 6.10. The molecule has 33 heavy (non-hydrogen) atoms. The van der Waals surface area contributed by atoms with Gasteiger partial charge in [-0.15, -0.1) is 0 Å². The fourth-order valence-corrected chi connectivity index (χ4v) is 6.37. The van der Waals surface area contributed by atoms with Gasteiger partial charge in [-0.05, 0) is 57.1 Å². The minimum Gasteiger partial charge on any atom is -0.353 e. The highest BCUT2D eigenvalue weighted by Gasteiger charge is 2.52. The largest absolute Gasteiger partial charge is 0.353 e. The van der Waals surface area contributed by atoms with Gasteiger partial charge in [0.2, 0.25) is 11.8 Å². The molecule has 1 atom stereocenters. The molecule has 1 saturated carbocycles. The molecule has 0 spiro atoms. The summed E-state index contributed by atoms with van der Waals surface area (Å²) in [6.07, 6.45) is 8.76. The molecule has 0 radical (unpaired) electrons. The summed E-state index contributed by atoms with van der Waals surface area (Å²) >= 11 is 0. The number of rotatable bonds is 6. The van der Waals surface area contributed by atoms with Crippen LogP contribution < -0.4 is 10.2 Å². The van der Waals surface area contributed by atoms with Crippen molar-refractivity contribution in [1.82, 2.24) is 15.1 Å². The van der Waals surface area contributed by atoms with Gasteiger partial charge in [0.25, 0.3) is 5.91 Å². The maximum atomic E-state index is 13.3. The van der Waals surface area contributed by atoms with Crippen LogP contribution in [0.25, 0.3) is 0 Å². The van der Waals surface area contributed by atoms with Crippen molar-refractivity contribution in [3.63, 3.8) is 0 Å². The van der Waals surface area contributed by atoms with Gasteiger partial charge >= 0.3 is 0 Å². The number of fused-ring (bicyclic) bond motifs is 3. The normalized spacial score (nSPS) is 26.6. The molecule has 7 heteroatoms. The first-order valence-corrected chi connectivity index (χ1v) is 12.7. The van der Waals surface area contributed by atoms with E-state index in [0.29, 0.717) is 30.6 Å². The zero-order valence-electron chi connectivity index (χ0n) is 19.7. The predicted octanol–water partition coefficient (Wildman–Crippen LogP) is 3.15. The number of carbonyl (C=O) groups excluding carboxylic acids is 3. The molecule has 3 aliphatic heterocycles. The third-order valence-electron chi connectivity index (χ3n) is 8.25. The van der Waals surface area contributed by atoms with E-state index in [1.54, 1.807) is 15.9 Å². The molecule has 1 N–H and O–H groups in total. The monoisotopic (exact) mass is 452 g/mol. The van der Waals surface area contributed by atoms with Crippen molar-refractivity contribution in [2.75, 3.05) is 31.1 Å². The second-order valence-corrected chi connectivity index (χ2v) is 10.5. The molecule has 3 heterocycles. The molecule has 1 aromatic rings. The van der Waals surface area contributed by atoms with Gasteiger partial charge in [0, 0.05) is 45.1 Å². The van der Waals surface area contributed by atoms with Gasteiger partial charge in [-0.25, -0.2) is 0 Å². The zero-order chi connectivity index (χ0) is 23.0. The van der Waals surface area contributed by atoms with E-state index < -0.39 is 5.66 Å². The van der Waals surface area contributed by atoms with E-state index in [1.165, 1.54) is 32.2 Å². The number of likely N-dealkylation sites (tertiary alicyclic amines) is 1. The summed E-state index contributed by atoms with van der Waals surface area (Å²) in [6, 6.07) is 7.52. The summed E-state index contributed by atoms with van der Waals surface area (Å²) in [5, 5.41) is 3.20. The zero-order valence-corrected chi connectivity index (χ0v) is 19.7. The number of nitrogens with zero attached hydrogens (tertiary/aromatic N) is 3. The topological polar surface area (TPSA) is 73.0 Å². The number of nitrogens with one attached hydrogen (secondary N) is 1. The van der Waals surface area contributed by atoms with Crippen LogP contribution in [-0.4, -0.2) is 65.4 Å². The second-order valence-electron chi connectivity index (χ2n) is 10.5. The van der Waals surface area contributed by atoms with Crippen LogP contribution in [0.3, 0.4) is 0 Å². The predicted molar refractivity (Wildman–Crippen MR) is 127 cm³/mol. The molecule has 3 fully saturated rings. The van der Waals surface area contributed by atoms with Gasteiger partial charge < -0.3 is 15.1 Å². The van der Waals surface area contributed by atoms with Crippen molar-refractivity contribution in [1.29, 1.82) is 0 Å². The van der Waals surface area contributed by atoms with E-state index in [1.807, 2.05) is 25.1 Å². The van der Waals surface area contributed by atoms with E-state index in [4.69, 9.17) is 0 Å². The Labute approximate surface area is 196 Å². The van der Waals surface area contributed by atoms with Gasteiger partial charge in [-0.1, -0.05) is 25.0 Å². The Bertz CT molecular complexity index is 920. The average Bonchev–Trinajstić information content (AvgIpc) is 3.43. The SMILES string of the molecule is CC12CCC(=O)N1c1ccccc1C(=O)N2CCC(=O)NC1CCN(CC2CCCC2)CC1. The molecule has 2 saturated heterocycles. The molecular weight excluding hydrogens is 416 g/mol.